The lowest BCUT2D eigenvalue weighted by atomic mass is 10.0. The third-order valence-corrected chi connectivity index (χ3v) is 19.1. The smallest absolute Gasteiger partial charge is 0.463 e. The van der Waals surface area contributed by atoms with Crippen molar-refractivity contribution in [1.29, 1.82) is 0 Å². The first-order chi connectivity index (χ1) is 50.2. The summed E-state index contributed by atoms with van der Waals surface area (Å²) in [5.41, 5.74) is 0. The largest absolute Gasteiger partial charge is 0.472 e. The van der Waals surface area contributed by atoms with Gasteiger partial charge in [-0.25, -0.2) is 9.13 Å². The summed E-state index contributed by atoms with van der Waals surface area (Å²) < 4.78 is 61.1. The molecule has 18 heteroatoms. The summed E-state index contributed by atoms with van der Waals surface area (Å²) in [4.78, 5) is 58.5. The standard InChI is InChI=1S/C85H148O16P2/c1-4-7-10-13-16-19-22-24-26-28-30-32-33-34-35-36-37-38-39-40-41-42-43-44-45-47-49-50-52-54-57-59-62-65-68-71-83(88)95-74-80(86)75-97-102(91,92)98-76-81(87)77-99-103(93,94)100-79-82(101-85(90)73-70-67-64-61-56-21-18-15-12-9-6-3)78-96-84(89)72-69-66-63-60-58-55-53-51-48-46-31-29-27-25-23-20-17-14-11-8-5-2/h7-8,10-11,16-17,19-20,24-27,30-32,34-35,46,51,53,80-82,86-87H,4-6,9,12-15,18,21-23,28-29,33,36-45,47-50,52,54-79H2,1-3H3,(H,91,92)(H,93,94)/b10-7-,11-8-,19-16-,20-17-,26-24-,27-25-,32-30-,35-34-,46-31-,53-51-. The van der Waals surface area contributed by atoms with E-state index in [0.717, 1.165) is 141 Å². The van der Waals surface area contributed by atoms with Crippen molar-refractivity contribution in [3.05, 3.63) is 122 Å². The molecule has 0 aliphatic carbocycles. The molecule has 0 aromatic carbocycles. The highest BCUT2D eigenvalue weighted by atomic mass is 31.2. The van der Waals surface area contributed by atoms with Gasteiger partial charge < -0.3 is 34.2 Å². The number of unbranched alkanes of at least 4 members (excludes halogenated alkanes) is 34. The number of hydrogen-bond donors (Lipinski definition) is 4. The second-order valence-electron chi connectivity index (χ2n) is 27.2. The van der Waals surface area contributed by atoms with Crippen molar-refractivity contribution in [1.82, 2.24) is 0 Å². The summed E-state index contributed by atoms with van der Waals surface area (Å²) in [6.07, 6.45) is 92.8. The quantitative estimate of drug-likeness (QED) is 0.0146. The number of phosphoric acid groups is 2. The lowest BCUT2D eigenvalue weighted by molar-refractivity contribution is -0.161. The Bertz CT molecular complexity index is 2360. The summed E-state index contributed by atoms with van der Waals surface area (Å²) in [5.74, 6) is -1.59. The van der Waals surface area contributed by atoms with Gasteiger partial charge in [0, 0.05) is 19.3 Å². The van der Waals surface area contributed by atoms with Gasteiger partial charge in [-0.2, -0.15) is 0 Å². The number of hydrogen-bond acceptors (Lipinski definition) is 14. The summed E-state index contributed by atoms with van der Waals surface area (Å²) in [5, 5.41) is 20.6. The average Bonchev–Trinajstić information content (AvgIpc) is 0.913. The molecule has 16 nitrogen and oxygen atoms in total. The molecule has 0 spiro atoms. The fourth-order valence-electron chi connectivity index (χ4n) is 11.0. The number of allylic oxidation sites excluding steroid dienone is 20. The van der Waals surface area contributed by atoms with E-state index in [4.69, 9.17) is 32.3 Å². The summed E-state index contributed by atoms with van der Waals surface area (Å²) in [6, 6.07) is 0. The second kappa shape index (κ2) is 77.6. The Morgan fingerprint density at radius 3 is 0.816 bits per heavy atom. The maximum absolute atomic E-state index is 12.9. The zero-order valence-corrected chi connectivity index (χ0v) is 66.7. The molecule has 0 aliphatic rings. The predicted octanol–water partition coefficient (Wildman–Crippen LogP) is 24.1. The molecule has 0 saturated carbocycles. The van der Waals surface area contributed by atoms with Gasteiger partial charge >= 0.3 is 33.6 Å². The number of carbonyl (C=O) groups is 3. The molecule has 103 heavy (non-hydrogen) atoms. The number of aliphatic hydroxyl groups is 2. The first kappa shape index (κ1) is 98.9. The van der Waals surface area contributed by atoms with Crippen LogP contribution in [0.1, 0.15) is 342 Å². The zero-order chi connectivity index (χ0) is 75.2. The van der Waals surface area contributed by atoms with Gasteiger partial charge in [-0.1, -0.05) is 335 Å². The molecule has 5 unspecified atom stereocenters. The van der Waals surface area contributed by atoms with Crippen molar-refractivity contribution in [3.63, 3.8) is 0 Å². The lowest BCUT2D eigenvalue weighted by Crippen LogP contribution is -2.30. The number of rotatable bonds is 77. The molecule has 0 radical (unpaired) electrons. The van der Waals surface area contributed by atoms with E-state index in [0.29, 0.717) is 19.3 Å². The first-order valence-corrected chi connectivity index (χ1v) is 43.8. The SMILES string of the molecule is CC/C=C\C/C=C\C/C=C\C/C=C\C/C=C\CCCCCCCCCCCCCCCCCCCCCC(=O)OCC(O)COP(=O)(O)OCC(O)COP(=O)(O)OCC(COC(=O)CCCCCCC/C=C\C/C=C\C/C=C\C/C=C\C/C=C\CC)OC(=O)CCCCCCCCCCCCC. The Balaban J connectivity index is 4.33. The summed E-state index contributed by atoms with van der Waals surface area (Å²) in [7, 11) is -9.78. The maximum atomic E-state index is 12.9. The predicted molar refractivity (Wildman–Crippen MR) is 427 cm³/mol. The van der Waals surface area contributed by atoms with Crippen LogP contribution in [0, 0.1) is 0 Å². The van der Waals surface area contributed by atoms with Crippen LogP contribution in [-0.2, 0) is 55.8 Å². The molecule has 5 atom stereocenters. The van der Waals surface area contributed by atoms with Gasteiger partial charge in [-0.05, 0) is 109 Å². The average molecular weight is 1490 g/mol. The van der Waals surface area contributed by atoms with Crippen molar-refractivity contribution < 1.29 is 75.8 Å². The van der Waals surface area contributed by atoms with Crippen LogP contribution >= 0.6 is 15.6 Å². The minimum absolute atomic E-state index is 0.102. The summed E-state index contributed by atoms with van der Waals surface area (Å²) >= 11 is 0. The number of ether oxygens (including phenoxy) is 3. The minimum atomic E-state index is -4.93. The fourth-order valence-corrected chi connectivity index (χ4v) is 12.6. The van der Waals surface area contributed by atoms with E-state index in [1.807, 2.05) is 0 Å². The van der Waals surface area contributed by atoms with E-state index in [1.165, 1.54) is 141 Å². The van der Waals surface area contributed by atoms with Crippen molar-refractivity contribution in [2.45, 2.75) is 360 Å². The van der Waals surface area contributed by atoms with Crippen LogP contribution in [0.15, 0.2) is 122 Å². The molecule has 0 aromatic rings. The molecule has 4 N–H and O–H groups in total. The van der Waals surface area contributed by atoms with E-state index in [2.05, 4.69) is 142 Å². The Hall–Kier alpha value is -4.05. The van der Waals surface area contributed by atoms with Crippen molar-refractivity contribution in [2.75, 3.05) is 39.6 Å². The van der Waals surface area contributed by atoms with E-state index < -0.39 is 91.5 Å². The number of aliphatic hydroxyl groups excluding tert-OH is 2. The van der Waals surface area contributed by atoms with Gasteiger partial charge in [0.15, 0.2) is 6.10 Å². The monoisotopic (exact) mass is 1490 g/mol. The number of phosphoric ester groups is 2. The van der Waals surface area contributed by atoms with E-state index in [-0.39, 0.29) is 19.3 Å². The minimum Gasteiger partial charge on any atom is -0.463 e. The molecular formula is C85H148O16P2. The molecule has 0 bridgehead atoms. The maximum Gasteiger partial charge on any atom is 0.472 e. The fraction of sp³-hybridized carbons (Fsp3) is 0.729. The normalized spacial score (nSPS) is 14.6. The molecule has 0 heterocycles. The molecule has 0 amide bonds. The van der Waals surface area contributed by atoms with Gasteiger partial charge in [-0.15, -0.1) is 0 Å². The lowest BCUT2D eigenvalue weighted by Gasteiger charge is -2.21. The highest BCUT2D eigenvalue weighted by Gasteiger charge is 2.29. The molecular weight excluding hydrogens is 1340 g/mol. The highest BCUT2D eigenvalue weighted by Crippen LogP contribution is 2.45. The zero-order valence-electron chi connectivity index (χ0n) is 65.0. The van der Waals surface area contributed by atoms with Crippen LogP contribution in [-0.4, -0.2) is 95.9 Å². The Kier molecular flexibility index (Phi) is 74.5. The number of carbonyl (C=O) groups excluding carboxylic acids is 3. The Labute approximate surface area is 627 Å². The van der Waals surface area contributed by atoms with E-state index in [9.17, 15) is 43.5 Å². The van der Waals surface area contributed by atoms with Crippen molar-refractivity contribution >= 4 is 33.6 Å². The van der Waals surface area contributed by atoms with Gasteiger partial charge in [0.2, 0.25) is 0 Å². The molecule has 0 aromatic heterocycles. The third kappa shape index (κ3) is 78.8. The van der Waals surface area contributed by atoms with Crippen LogP contribution in [0.3, 0.4) is 0 Å². The first-order valence-electron chi connectivity index (χ1n) is 40.8. The third-order valence-electron chi connectivity index (χ3n) is 17.2. The van der Waals surface area contributed by atoms with Crippen molar-refractivity contribution in [2.24, 2.45) is 0 Å². The van der Waals surface area contributed by atoms with Gasteiger partial charge in [-0.3, -0.25) is 32.5 Å². The Morgan fingerprint density at radius 1 is 0.282 bits per heavy atom. The molecule has 0 saturated heterocycles. The molecule has 0 fully saturated rings. The summed E-state index contributed by atoms with van der Waals surface area (Å²) in [6.45, 7) is 2.45. The molecule has 594 valence electrons. The van der Waals surface area contributed by atoms with E-state index in [1.54, 1.807) is 0 Å². The van der Waals surface area contributed by atoms with Crippen LogP contribution in [0.5, 0.6) is 0 Å². The van der Waals surface area contributed by atoms with Gasteiger partial charge in [0.25, 0.3) is 0 Å². The second-order valence-corrected chi connectivity index (χ2v) is 30.1. The van der Waals surface area contributed by atoms with Gasteiger partial charge in [0.1, 0.15) is 25.4 Å². The molecule has 0 rings (SSSR count). The van der Waals surface area contributed by atoms with Gasteiger partial charge in [0.05, 0.1) is 26.4 Å². The number of esters is 3. The van der Waals surface area contributed by atoms with Crippen LogP contribution < -0.4 is 0 Å². The van der Waals surface area contributed by atoms with Crippen molar-refractivity contribution in [3.8, 4) is 0 Å². The van der Waals surface area contributed by atoms with Crippen LogP contribution in [0.4, 0.5) is 0 Å². The topological polar surface area (TPSA) is 231 Å². The highest BCUT2D eigenvalue weighted by molar-refractivity contribution is 7.47. The van der Waals surface area contributed by atoms with Crippen LogP contribution in [0.25, 0.3) is 0 Å². The Morgan fingerprint density at radius 2 is 0.515 bits per heavy atom. The van der Waals surface area contributed by atoms with E-state index >= 15 is 0 Å². The molecule has 0 aliphatic heterocycles. The van der Waals surface area contributed by atoms with Crippen LogP contribution in [0.2, 0.25) is 0 Å².